The molecular weight excluding hydrogens is 304 g/mol. The lowest BCUT2D eigenvalue weighted by Gasteiger charge is -2.23. The average Bonchev–Trinajstić information content (AvgIpc) is 3.30. The summed E-state index contributed by atoms with van der Waals surface area (Å²) in [6.07, 6.45) is 5.41. The molecule has 0 unspecified atom stereocenters. The van der Waals surface area contributed by atoms with E-state index < -0.39 is 0 Å². The molecule has 1 aromatic carbocycles. The maximum Gasteiger partial charge on any atom is 0.317 e. The molecule has 0 aliphatic carbocycles. The lowest BCUT2D eigenvalue weighted by molar-refractivity contribution is 0.197. The summed E-state index contributed by atoms with van der Waals surface area (Å²) in [5, 5.41) is 11.7. The number of carbonyl (C=O) groups excluding carboxylic acids is 1. The van der Waals surface area contributed by atoms with Gasteiger partial charge in [-0.3, -0.25) is 4.90 Å². The van der Waals surface area contributed by atoms with Crippen molar-refractivity contribution in [1.29, 1.82) is 5.26 Å². The molecule has 2 aliphatic rings. The number of benzene rings is 1. The molecule has 0 bridgehead atoms. The van der Waals surface area contributed by atoms with Crippen LogP contribution in [0, 0.1) is 11.3 Å². The maximum absolute atomic E-state index is 12.2. The second kappa shape index (κ2) is 7.84. The van der Waals surface area contributed by atoms with Crippen LogP contribution in [0.2, 0.25) is 0 Å². The summed E-state index contributed by atoms with van der Waals surface area (Å²) in [6.45, 7) is 4.47. The molecule has 0 radical (unpaired) electrons. The smallest absolute Gasteiger partial charge is 0.317 e. The fourth-order valence-corrected chi connectivity index (χ4v) is 3.08. The summed E-state index contributed by atoms with van der Waals surface area (Å²) in [4.78, 5) is 16.5. The predicted octanol–water partition coefficient (Wildman–Crippen LogP) is 1.59. The van der Waals surface area contributed by atoms with Gasteiger partial charge in [0, 0.05) is 32.2 Å². The number of nitrogens with one attached hydrogen (secondary N) is 1. The standard InChI is InChI=1S/C18H22N4O2/c19-13-15-3-5-17(6-4-15)24-12-8-20-18(23)22-11-7-16(14-22)21-9-1-2-10-21/h1-6,16H,7-12,14H2,(H,20,23)/t16-/m0/s1. The van der Waals surface area contributed by atoms with Crippen LogP contribution in [0.3, 0.4) is 0 Å². The van der Waals surface area contributed by atoms with Crippen LogP contribution in [0.1, 0.15) is 12.0 Å². The number of carbonyl (C=O) groups is 1. The summed E-state index contributed by atoms with van der Waals surface area (Å²) in [7, 11) is 0. The summed E-state index contributed by atoms with van der Waals surface area (Å²) < 4.78 is 5.56. The van der Waals surface area contributed by atoms with Gasteiger partial charge in [0.1, 0.15) is 12.4 Å². The van der Waals surface area contributed by atoms with E-state index in [1.165, 1.54) is 0 Å². The second-order valence-corrected chi connectivity index (χ2v) is 6.03. The summed E-state index contributed by atoms with van der Waals surface area (Å²) >= 11 is 0. The van der Waals surface area contributed by atoms with Crippen LogP contribution in [0.25, 0.3) is 0 Å². The molecule has 0 saturated carbocycles. The SMILES string of the molecule is N#Cc1ccc(OCCNC(=O)N2CC[C@H](N3CC=CC3)C2)cc1. The van der Waals surface area contributed by atoms with Crippen LogP contribution in [0.5, 0.6) is 5.75 Å². The highest BCUT2D eigenvalue weighted by molar-refractivity contribution is 5.74. The Bertz CT molecular complexity index is 627. The molecule has 126 valence electrons. The van der Waals surface area contributed by atoms with E-state index in [1.54, 1.807) is 24.3 Å². The summed E-state index contributed by atoms with van der Waals surface area (Å²) in [6, 6.07) is 9.46. The van der Waals surface area contributed by atoms with Gasteiger partial charge in [0.25, 0.3) is 0 Å². The molecule has 24 heavy (non-hydrogen) atoms. The van der Waals surface area contributed by atoms with Gasteiger partial charge < -0.3 is 15.0 Å². The topological polar surface area (TPSA) is 68.6 Å². The van der Waals surface area contributed by atoms with Crippen LogP contribution in [0.4, 0.5) is 4.79 Å². The maximum atomic E-state index is 12.2. The molecule has 6 nitrogen and oxygen atoms in total. The summed E-state index contributed by atoms with van der Waals surface area (Å²) in [5.74, 6) is 0.700. The Hall–Kier alpha value is -2.52. The van der Waals surface area contributed by atoms with Gasteiger partial charge in [0.2, 0.25) is 0 Å². The molecule has 0 spiro atoms. The van der Waals surface area contributed by atoms with Gasteiger partial charge in [-0.25, -0.2) is 4.79 Å². The Kier molecular flexibility index (Phi) is 5.34. The second-order valence-electron chi connectivity index (χ2n) is 6.03. The fraction of sp³-hybridized carbons (Fsp3) is 0.444. The van der Waals surface area contributed by atoms with Crippen molar-refractivity contribution in [3.8, 4) is 11.8 Å². The highest BCUT2D eigenvalue weighted by Crippen LogP contribution is 2.17. The van der Waals surface area contributed by atoms with E-state index in [1.807, 2.05) is 4.90 Å². The van der Waals surface area contributed by atoms with Crippen molar-refractivity contribution >= 4 is 6.03 Å². The van der Waals surface area contributed by atoms with Gasteiger partial charge in [-0.1, -0.05) is 12.2 Å². The lowest BCUT2D eigenvalue weighted by Crippen LogP contribution is -2.42. The molecule has 1 fully saturated rings. The van der Waals surface area contributed by atoms with Crippen LogP contribution >= 0.6 is 0 Å². The number of hydrogen-bond donors (Lipinski definition) is 1. The molecule has 1 N–H and O–H groups in total. The third-order valence-corrected chi connectivity index (χ3v) is 4.44. The average molecular weight is 326 g/mol. The number of ether oxygens (including phenoxy) is 1. The first kappa shape index (κ1) is 16.3. The normalized spacial score (nSPS) is 20.1. The molecule has 2 aliphatic heterocycles. The third-order valence-electron chi connectivity index (χ3n) is 4.44. The van der Waals surface area contributed by atoms with E-state index in [2.05, 4.69) is 28.4 Å². The third kappa shape index (κ3) is 4.06. The van der Waals surface area contributed by atoms with Crippen LogP contribution in [0.15, 0.2) is 36.4 Å². The molecule has 6 heteroatoms. The molecule has 1 saturated heterocycles. The minimum Gasteiger partial charge on any atom is -0.492 e. The van der Waals surface area contributed by atoms with Crippen molar-refractivity contribution in [3.63, 3.8) is 0 Å². The van der Waals surface area contributed by atoms with E-state index >= 15 is 0 Å². The number of rotatable bonds is 5. The first-order chi connectivity index (χ1) is 11.8. The number of hydrogen-bond acceptors (Lipinski definition) is 4. The number of urea groups is 1. The molecule has 2 amide bonds. The Balaban J connectivity index is 1.34. The highest BCUT2D eigenvalue weighted by Gasteiger charge is 2.30. The Morgan fingerprint density at radius 1 is 1.29 bits per heavy atom. The first-order valence-electron chi connectivity index (χ1n) is 8.31. The van der Waals surface area contributed by atoms with Crippen molar-refractivity contribution in [2.24, 2.45) is 0 Å². The van der Waals surface area contributed by atoms with Gasteiger partial charge in [0.05, 0.1) is 18.2 Å². The monoisotopic (exact) mass is 326 g/mol. The van der Waals surface area contributed by atoms with Gasteiger partial charge in [0.15, 0.2) is 0 Å². The molecule has 1 aromatic rings. The van der Waals surface area contributed by atoms with Crippen molar-refractivity contribution < 1.29 is 9.53 Å². The molecule has 2 heterocycles. The number of likely N-dealkylation sites (tertiary alicyclic amines) is 1. The van der Waals surface area contributed by atoms with Crippen molar-refractivity contribution in [2.45, 2.75) is 12.5 Å². The first-order valence-corrected chi connectivity index (χ1v) is 8.31. The van der Waals surface area contributed by atoms with Crippen molar-refractivity contribution in [1.82, 2.24) is 15.1 Å². The van der Waals surface area contributed by atoms with Gasteiger partial charge in [-0.2, -0.15) is 5.26 Å². The zero-order chi connectivity index (χ0) is 16.8. The van der Waals surface area contributed by atoms with E-state index in [-0.39, 0.29) is 6.03 Å². The van der Waals surface area contributed by atoms with Crippen LogP contribution in [-0.4, -0.2) is 61.2 Å². The Morgan fingerprint density at radius 2 is 2.04 bits per heavy atom. The summed E-state index contributed by atoms with van der Waals surface area (Å²) in [5.41, 5.74) is 0.604. The van der Waals surface area contributed by atoms with E-state index in [4.69, 9.17) is 10.00 Å². The van der Waals surface area contributed by atoms with Gasteiger partial charge in [-0.05, 0) is 30.7 Å². The number of nitrogens with zero attached hydrogens (tertiary/aromatic N) is 3. The Labute approximate surface area is 142 Å². The number of amides is 2. The zero-order valence-corrected chi connectivity index (χ0v) is 13.6. The van der Waals surface area contributed by atoms with E-state index in [0.29, 0.717) is 30.5 Å². The molecule has 3 rings (SSSR count). The zero-order valence-electron chi connectivity index (χ0n) is 13.6. The predicted molar refractivity (Wildman–Crippen MR) is 90.7 cm³/mol. The van der Waals surface area contributed by atoms with Crippen LogP contribution < -0.4 is 10.1 Å². The molecular formula is C18H22N4O2. The molecule has 0 aromatic heterocycles. The fourth-order valence-electron chi connectivity index (χ4n) is 3.08. The lowest BCUT2D eigenvalue weighted by atomic mass is 10.2. The minimum absolute atomic E-state index is 0.0203. The minimum atomic E-state index is -0.0203. The van der Waals surface area contributed by atoms with Crippen molar-refractivity contribution in [2.75, 3.05) is 39.3 Å². The largest absolute Gasteiger partial charge is 0.492 e. The van der Waals surface area contributed by atoms with E-state index in [0.717, 1.165) is 32.6 Å². The quantitative estimate of drug-likeness (QED) is 0.659. The van der Waals surface area contributed by atoms with Crippen molar-refractivity contribution in [3.05, 3.63) is 42.0 Å². The highest BCUT2D eigenvalue weighted by atomic mass is 16.5. The van der Waals surface area contributed by atoms with Gasteiger partial charge in [-0.15, -0.1) is 0 Å². The van der Waals surface area contributed by atoms with E-state index in [9.17, 15) is 4.79 Å². The number of nitriles is 1. The Morgan fingerprint density at radius 3 is 2.75 bits per heavy atom. The van der Waals surface area contributed by atoms with Crippen LogP contribution in [-0.2, 0) is 0 Å². The van der Waals surface area contributed by atoms with Gasteiger partial charge >= 0.3 is 6.03 Å². The molecule has 1 atom stereocenters.